The van der Waals surface area contributed by atoms with E-state index < -0.39 is 22.1 Å². The minimum Gasteiger partial charge on any atom is -0.454 e. The maximum atomic E-state index is 13.2. The van der Waals surface area contributed by atoms with Crippen molar-refractivity contribution in [2.75, 3.05) is 12.1 Å². The van der Waals surface area contributed by atoms with Gasteiger partial charge in [-0.15, -0.1) is 17.9 Å². The van der Waals surface area contributed by atoms with Crippen LogP contribution in [0.15, 0.2) is 58.7 Å². The van der Waals surface area contributed by atoms with E-state index in [1.165, 1.54) is 48.6 Å². The van der Waals surface area contributed by atoms with Gasteiger partial charge in [0.05, 0.1) is 21.1 Å². The van der Waals surface area contributed by atoms with E-state index in [2.05, 4.69) is 11.9 Å². The Kier molecular flexibility index (Phi) is 7.89. The van der Waals surface area contributed by atoms with Crippen molar-refractivity contribution in [3.05, 3.63) is 84.3 Å². The van der Waals surface area contributed by atoms with Gasteiger partial charge in [-0.05, 0) is 36.4 Å². The molecule has 0 spiro atoms. The first-order valence-electron chi connectivity index (χ1n) is 10.6. The number of amides is 1. The van der Waals surface area contributed by atoms with Crippen LogP contribution in [-0.2, 0) is 11.3 Å². The Balaban J connectivity index is 1.80. The molecular formula is C24H16F2N4O6S2. The second-order valence-corrected chi connectivity index (χ2v) is 9.58. The summed E-state index contributed by atoms with van der Waals surface area (Å²) in [7, 11) is 0. The number of nitrogens with one attached hydrogen (secondary N) is 1. The molecule has 14 heteroatoms. The number of halogens is 2. The lowest BCUT2D eigenvalue weighted by atomic mass is 10.1. The average molecular weight is 559 g/mol. The lowest BCUT2D eigenvalue weighted by Gasteiger charge is -2.06. The van der Waals surface area contributed by atoms with Crippen LogP contribution in [0.4, 0.5) is 20.2 Å². The molecule has 0 atom stereocenters. The van der Waals surface area contributed by atoms with Crippen LogP contribution in [-0.4, -0.2) is 27.9 Å². The largest absolute Gasteiger partial charge is 0.454 e. The number of nitro benzene ring substituents is 1. The van der Waals surface area contributed by atoms with E-state index in [4.69, 9.17) is 9.47 Å². The quantitative estimate of drug-likeness (QED) is 0.193. The third kappa shape index (κ3) is 5.58. The van der Waals surface area contributed by atoms with Crippen LogP contribution in [0.3, 0.4) is 0 Å². The lowest BCUT2D eigenvalue weighted by molar-refractivity contribution is -0.385. The number of thioether (sulfide) groups is 1. The van der Waals surface area contributed by atoms with Crippen LogP contribution in [0.5, 0.6) is 11.5 Å². The van der Waals surface area contributed by atoms with Gasteiger partial charge in [-0.2, -0.15) is 14.0 Å². The highest BCUT2D eigenvalue weighted by atomic mass is 32.2. The zero-order chi connectivity index (χ0) is 27.4. The number of allylic oxidation sites excluding steroid dienone is 1. The molecule has 0 bridgehead atoms. The predicted molar refractivity (Wildman–Crippen MR) is 137 cm³/mol. The van der Waals surface area contributed by atoms with Gasteiger partial charge in [0.2, 0.25) is 6.79 Å². The van der Waals surface area contributed by atoms with Gasteiger partial charge in [-0.25, -0.2) is 0 Å². The van der Waals surface area contributed by atoms with Gasteiger partial charge in [0, 0.05) is 17.1 Å². The molecule has 1 aliphatic heterocycles. The fraction of sp³-hybridized carbons (Fsp3) is 0.125. The molecule has 194 valence electrons. The van der Waals surface area contributed by atoms with Crippen LogP contribution in [0.2, 0.25) is 0 Å². The first-order valence-corrected chi connectivity index (χ1v) is 12.3. The first-order chi connectivity index (χ1) is 18.2. The minimum atomic E-state index is -2.60. The Morgan fingerprint density at radius 2 is 2.00 bits per heavy atom. The molecular weight excluding hydrogens is 542 g/mol. The SMILES string of the molecule is C=CCn1c(=O)/c(=C/c2cc3c(cc2[N+](=O)[O-])OCO3)s/c1=C(\C#N)C(=O)Nc1ccc(SC(F)F)cc1. The van der Waals surface area contributed by atoms with Crippen LogP contribution in [0, 0.1) is 21.4 Å². The van der Waals surface area contributed by atoms with Gasteiger partial charge >= 0.3 is 0 Å². The van der Waals surface area contributed by atoms with E-state index in [0.717, 1.165) is 15.9 Å². The number of rotatable bonds is 8. The highest BCUT2D eigenvalue weighted by Gasteiger charge is 2.23. The zero-order valence-electron chi connectivity index (χ0n) is 19.2. The molecule has 2 heterocycles. The summed E-state index contributed by atoms with van der Waals surface area (Å²) >= 11 is 1.15. The predicted octanol–water partition coefficient (Wildman–Crippen LogP) is 3.19. The highest BCUT2D eigenvalue weighted by molar-refractivity contribution is 7.99. The number of nitriles is 1. The van der Waals surface area contributed by atoms with Crippen LogP contribution in [0.1, 0.15) is 5.56 Å². The molecule has 0 aliphatic carbocycles. The number of alkyl halides is 2. The molecule has 1 N–H and O–H groups in total. The van der Waals surface area contributed by atoms with Crippen LogP contribution >= 0.6 is 23.1 Å². The molecule has 0 unspecified atom stereocenters. The maximum Gasteiger partial charge on any atom is 0.288 e. The van der Waals surface area contributed by atoms with Gasteiger partial charge in [0.15, 0.2) is 17.1 Å². The summed E-state index contributed by atoms with van der Waals surface area (Å²) in [5.41, 5.74) is -0.988. The minimum absolute atomic E-state index is 0.00872. The summed E-state index contributed by atoms with van der Waals surface area (Å²) in [4.78, 5) is 37.4. The van der Waals surface area contributed by atoms with Gasteiger partial charge in [0.1, 0.15) is 10.7 Å². The second-order valence-electron chi connectivity index (χ2n) is 7.49. The van der Waals surface area contributed by atoms with E-state index >= 15 is 0 Å². The van der Waals surface area contributed by atoms with Crippen molar-refractivity contribution in [3.8, 4) is 17.6 Å². The highest BCUT2D eigenvalue weighted by Crippen LogP contribution is 2.38. The van der Waals surface area contributed by atoms with Crippen molar-refractivity contribution in [1.82, 2.24) is 4.57 Å². The third-order valence-electron chi connectivity index (χ3n) is 5.11. The Hall–Kier alpha value is -4.48. The molecule has 0 fully saturated rings. The number of carbonyl (C=O) groups excluding carboxylic acids is 1. The van der Waals surface area contributed by atoms with Crippen LogP contribution < -0.4 is 29.5 Å². The Morgan fingerprint density at radius 3 is 2.61 bits per heavy atom. The van der Waals surface area contributed by atoms with Crippen molar-refractivity contribution in [2.45, 2.75) is 17.2 Å². The maximum absolute atomic E-state index is 13.2. The molecule has 3 aromatic rings. The fourth-order valence-corrected chi connectivity index (χ4v) is 5.07. The molecule has 10 nitrogen and oxygen atoms in total. The second kappa shape index (κ2) is 11.3. The topological polar surface area (TPSA) is 136 Å². The number of ether oxygens (including phenoxy) is 2. The van der Waals surface area contributed by atoms with Crippen LogP contribution in [0.25, 0.3) is 11.6 Å². The molecule has 1 aliphatic rings. The summed E-state index contributed by atoms with van der Waals surface area (Å²) in [5, 5.41) is 23.9. The monoisotopic (exact) mass is 558 g/mol. The van der Waals surface area contributed by atoms with Crippen molar-refractivity contribution >= 4 is 52.0 Å². The van der Waals surface area contributed by atoms with Gasteiger partial charge < -0.3 is 14.8 Å². The number of nitro groups is 1. The Labute approximate surface area is 220 Å². The third-order valence-corrected chi connectivity index (χ3v) is 6.97. The molecule has 0 saturated carbocycles. The smallest absolute Gasteiger partial charge is 0.288 e. The average Bonchev–Trinajstić information content (AvgIpc) is 3.45. The molecule has 38 heavy (non-hydrogen) atoms. The van der Waals surface area contributed by atoms with E-state index in [9.17, 15) is 33.7 Å². The van der Waals surface area contributed by atoms with Gasteiger partial charge in [-0.3, -0.25) is 24.3 Å². The molecule has 0 saturated heterocycles. The summed E-state index contributed by atoms with van der Waals surface area (Å²) in [6.07, 6.45) is 2.68. The number of nitrogens with zero attached hydrogens (tertiary/aromatic N) is 3. The van der Waals surface area contributed by atoms with E-state index in [-0.39, 0.29) is 56.5 Å². The zero-order valence-corrected chi connectivity index (χ0v) is 20.8. The van der Waals surface area contributed by atoms with E-state index in [0.29, 0.717) is 16.7 Å². The standard InChI is InChI=1S/C24H16F2N4O6S2/c1-2-7-29-22(32)20(9-13-8-18-19(36-12-35-18)10-17(13)30(33)34)38-23(29)16(11-27)21(31)28-14-3-5-15(6-4-14)37-24(25)26/h2-6,8-10,24H,1,7,12H2,(H,28,31)/b20-9-,23-16+. The molecule has 4 rings (SSSR count). The Bertz CT molecular complexity index is 1660. The number of hydrogen-bond acceptors (Lipinski definition) is 9. The first kappa shape index (κ1) is 26.6. The number of aromatic nitrogens is 1. The summed E-state index contributed by atoms with van der Waals surface area (Å²) in [6.45, 7) is 3.46. The number of anilines is 1. The van der Waals surface area contributed by atoms with Crippen molar-refractivity contribution in [3.63, 3.8) is 0 Å². The van der Waals surface area contributed by atoms with Gasteiger partial charge in [-0.1, -0.05) is 17.8 Å². The number of fused-ring (bicyclic) bond motifs is 1. The molecule has 1 amide bonds. The number of hydrogen-bond donors (Lipinski definition) is 1. The Morgan fingerprint density at radius 1 is 1.32 bits per heavy atom. The fourth-order valence-electron chi connectivity index (χ4n) is 3.47. The summed E-state index contributed by atoms with van der Waals surface area (Å²) in [5.74, 6) is -2.96. The number of thiazole rings is 1. The molecule has 2 aromatic carbocycles. The summed E-state index contributed by atoms with van der Waals surface area (Å²) < 4.78 is 36.7. The number of carbonyl (C=O) groups is 1. The van der Waals surface area contributed by atoms with E-state index in [1.807, 2.05) is 0 Å². The lowest BCUT2D eigenvalue weighted by Crippen LogP contribution is -2.33. The van der Waals surface area contributed by atoms with Crippen molar-refractivity contribution in [1.29, 1.82) is 5.26 Å². The van der Waals surface area contributed by atoms with E-state index in [1.54, 1.807) is 6.07 Å². The van der Waals surface area contributed by atoms with Crippen molar-refractivity contribution in [2.24, 2.45) is 0 Å². The molecule has 1 aromatic heterocycles. The summed E-state index contributed by atoms with van der Waals surface area (Å²) in [6, 6.07) is 9.95. The molecule has 0 radical (unpaired) electrons. The number of benzene rings is 2. The van der Waals surface area contributed by atoms with Gasteiger partial charge in [0.25, 0.3) is 22.9 Å². The van der Waals surface area contributed by atoms with Crippen molar-refractivity contribution < 1.29 is 28.0 Å². The normalized spacial score (nSPS) is 13.3.